The summed E-state index contributed by atoms with van der Waals surface area (Å²) in [6, 6.07) is 18.9. The third-order valence-electron chi connectivity index (χ3n) is 4.51. The summed E-state index contributed by atoms with van der Waals surface area (Å²) in [5.41, 5.74) is 4.91. The number of guanidine groups is 1. The fourth-order valence-corrected chi connectivity index (χ4v) is 3.22. The molecule has 0 unspecified atom stereocenters. The van der Waals surface area contributed by atoms with Crippen molar-refractivity contribution in [2.75, 3.05) is 18.5 Å². The first-order chi connectivity index (χ1) is 12.3. The van der Waals surface area contributed by atoms with Crippen molar-refractivity contribution in [1.82, 2.24) is 15.1 Å². The molecule has 2 aromatic carbocycles. The van der Waals surface area contributed by atoms with Crippen LogP contribution in [0, 0.1) is 0 Å². The molecule has 2 heterocycles. The summed E-state index contributed by atoms with van der Waals surface area (Å²) in [5, 5.41) is 7.73. The van der Waals surface area contributed by atoms with Crippen LogP contribution < -0.4 is 10.2 Å². The van der Waals surface area contributed by atoms with Crippen LogP contribution in [-0.2, 0) is 13.0 Å². The van der Waals surface area contributed by atoms with Crippen molar-refractivity contribution in [3.8, 4) is 5.69 Å². The molecule has 1 aliphatic rings. The molecule has 0 bridgehead atoms. The Balaban J connectivity index is 0.00000196. The van der Waals surface area contributed by atoms with Gasteiger partial charge in [-0.25, -0.2) is 4.68 Å². The molecule has 134 valence electrons. The van der Waals surface area contributed by atoms with E-state index in [1.54, 1.807) is 6.20 Å². The van der Waals surface area contributed by atoms with E-state index in [1.807, 2.05) is 24.0 Å². The predicted octanol–water partition coefficient (Wildman–Crippen LogP) is 3.63. The van der Waals surface area contributed by atoms with Gasteiger partial charge < -0.3 is 10.2 Å². The Morgan fingerprint density at radius 2 is 1.92 bits per heavy atom. The summed E-state index contributed by atoms with van der Waals surface area (Å²) < 4.78 is 1.86. The van der Waals surface area contributed by atoms with Gasteiger partial charge in [0.15, 0.2) is 5.96 Å². The minimum absolute atomic E-state index is 0. The lowest BCUT2D eigenvalue weighted by Crippen LogP contribution is -2.40. The van der Waals surface area contributed by atoms with Crippen molar-refractivity contribution >= 4 is 35.6 Å². The smallest absolute Gasteiger partial charge is 0.198 e. The van der Waals surface area contributed by atoms with Gasteiger partial charge in [0, 0.05) is 38.2 Å². The number of hydrogen-bond acceptors (Lipinski definition) is 2. The van der Waals surface area contributed by atoms with Crippen molar-refractivity contribution in [3.63, 3.8) is 0 Å². The van der Waals surface area contributed by atoms with Gasteiger partial charge in [0.25, 0.3) is 0 Å². The van der Waals surface area contributed by atoms with Crippen LogP contribution in [0.15, 0.2) is 72.0 Å². The molecule has 0 saturated carbocycles. The minimum atomic E-state index is 0. The molecule has 1 N–H and O–H groups in total. The highest BCUT2D eigenvalue weighted by Crippen LogP contribution is 2.27. The van der Waals surface area contributed by atoms with Crippen molar-refractivity contribution in [2.45, 2.75) is 13.0 Å². The van der Waals surface area contributed by atoms with E-state index >= 15 is 0 Å². The van der Waals surface area contributed by atoms with Crippen molar-refractivity contribution in [2.24, 2.45) is 4.99 Å². The van der Waals surface area contributed by atoms with E-state index in [2.05, 4.69) is 68.8 Å². The minimum Gasteiger partial charge on any atom is -0.352 e. The lowest BCUT2D eigenvalue weighted by Gasteiger charge is -2.22. The first kappa shape index (κ1) is 18.4. The standard InChI is InChI=1S/C20H21N5.HI/c1-21-20(24-14-11-17-5-2-3-6-19(17)24)22-15-16-7-9-18(10-8-16)25-13-4-12-23-25;/h2-10,12-13H,11,14-15H2,1H3,(H,21,22);1H. The Morgan fingerprint density at radius 3 is 2.65 bits per heavy atom. The van der Waals surface area contributed by atoms with Crippen LogP contribution >= 0.6 is 24.0 Å². The predicted molar refractivity (Wildman–Crippen MR) is 117 cm³/mol. The van der Waals surface area contributed by atoms with Crippen LogP contribution in [0.3, 0.4) is 0 Å². The van der Waals surface area contributed by atoms with Gasteiger partial charge in [-0.2, -0.15) is 5.10 Å². The monoisotopic (exact) mass is 459 g/mol. The van der Waals surface area contributed by atoms with Gasteiger partial charge in [-0.3, -0.25) is 4.99 Å². The first-order valence-electron chi connectivity index (χ1n) is 8.50. The average molecular weight is 459 g/mol. The van der Waals surface area contributed by atoms with Gasteiger partial charge in [-0.05, 0) is 41.8 Å². The Bertz CT molecular complexity index is 871. The zero-order chi connectivity index (χ0) is 17.1. The van der Waals surface area contributed by atoms with E-state index in [1.165, 1.54) is 16.8 Å². The van der Waals surface area contributed by atoms with Crippen LogP contribution in [0.2, 0.25) is 0 Å². The quantitative estimate of drug-likeness (QED) is 0.370. The maximum atomic E-state index is 4.46. The first-order valence-corrected chi connectivity index (χ1v) is 8.50. The molecule has 0 fully saturated rings. The van der Waals surface area contributed by atoms with E-state index in [9.17, 15) is 0 Å². The molecular weight excluding hydrogens is 437 g/mol. The summed E-state index contributed by atoms with van der Waals surface area (Å²) in [5.74, 6) is 0.918. The Hall–Kier alpha value is -2.35. The van der Waals surface area contributed by atoms with Crippen LogP contribution in [0.1, 0.15) is 11.1 Å². The summed E-state index contributed by atoms with van der Waals surface area (Å²) in [7, 11) is 1.84. The molecule has 0 aliphatic carbocycles. The lowest BCUT2D eigenvalue weighted by atomic mass is 10.2. The third-order valence-corrected chi connectivity index (χ3v) is 4.51. The highest BCUT2D eigenvalue weighted by atomic mass is 127. The van der Waals surface area contributed by atoms with Crippen molar-refractivity contribution in [3.05, 3.63) is 78.1 Å². The van der Waals surface area contributed by atoms with Gasteiger partial charge in [0.1, 0.15) is 0 Å². The van der Waals surface area contributed by atoms with Crippen molar-refractivity contribution < 1.29 is 0 Å². The van der Waals surface area contributed by atoms with E-state index < -0.39 is 0 Å². The molecule has 1 aromatic heterocycles. The number of nitrogens with zero attached hydrogens (tertiary/aromatic N) is 4. The van der Waals surface area contributed by atoms with Crippen LogP contribution in [0.25, 0.3) is 5.69 Å². The number of aromatic nitrogens is 2. The molecule has 0 spiro atoms. The fourth-order valence-electron chi connectivity index (χ4n) is 3.22. The fraction of sp³-hybridized carbons (Fsp3) is 0.200. The number of anilines is 1. The average Bonchev–Trinajstić information content (AvgIpc) is 3.33. The molecule has 4 rings (SSSR count). The summed E-state index contributed by atoms with van der Waals surface area (Å²) in [4.78, 5) is 6.72. The number of rotatable bonds is 3. The molecule has 1 aliphatic heterocycles. The SMILES string of the molecule is CN=C(NCc1ccc(-n2cccn2)cc1)N1CCc2ccccc21.I. The van der Waals surface area contributed by atoms with Crippen LogP contribution in [0.4, 0.5) is 5.69 Å². The summed E-state index contributed by atoms with van der Waals surface area (Å²) >= 11 is 0. The molecule has 0 atom stereocenters. The molecule has 0 saturated heterocycles. The Labute approximate surface area is 170 Å². The third kappa shape index (κ3) is 3.75. The van der Waals surface area contributed by atoms with E-state index in [-0.39, 0.29) is 24.0 Å². The molecule has 0 radical (unpaired) electrons. The molecule has 5 nitrogen and oxygen atoms in total. The van der Waals surface area contributed by atoms with Gasteiger partial charge in [-0.15, -0.1) is 24.0 Å². The van der Waals surface area contributed by atoms with E-state index in [0.29, 0.717) is 0 Å². The van der Waals surface area contributed by atoms with E-state index in [0.717, 1.165) is 31.2 Å². The zero-order valence-corrected chi connectivity index (χ0v) is 17.0. The highest BCUT2D eigenvalue weighted by molar-refractivity contribution is 14.0. The second kappa shape index (κ2) is 8.35. The number of fused-ring (bicyclic) bond motifs is 1. The zero-order valence-electron chi connectivity index (χ0n) is 14.7. The number of hydrogen-bond donors (Lipinski definition) is 1. The van der Waals surface area contributed by atoms with Gasteiger partial charge in [0.05, 0.1) is 5.69 Å². The summed E-state index contributed by atoms with van der Waals surface area (Å²) in [6.45, 7) is 1.71. The second-order valence-corrected chi connectivity index (χ2v) is 6.05. The van der Waals surface area contributed by atoms with Gasteiger partial charge in [-0.1, -0.05) is 30.3 Å². The largest absolute Gasteiger partial charge is 0.352 e. The van der Waals surface area contributed by atoms with Gasteiger partial charge in [0.2, 0.25) is 0 Å². The molecule has 26 heavy (non-hydrogen) atoms. The maximum absolute atomic E-state index is 4.46. The normalized spacial score (nSPS) is 13.3. The molecule has 6 heteroatoms. The van der Waals surface area contributed by atoms with E-state index in [4.69, 9.17) is 0 Å². The van der Waals surface area contributed by atoms with Gasteiger partial charge >= 0.3 is 0 Å². The number of para-hydroxylation sites is 1. The Morgan fingerprint density at radius 1 is 1.12 bits per heavy atom. The number of halogens is 1. The van der Waals surface area contributed by atoms with Crippen molar-refractivity contribution in [1.29, 1.82) is 0 Å². The second-order valence-electron chi connectivity index (χ2n) is 6.05. The molecular formula is C20H22IN5. The van der Waals surface area contributed by atoms with Crippen LogP contribution in [-0.4, -0.2) is 29.3 Å². The molecule has 3 aromatic rings. The number of benzene rings is 2. The Kier molecular flexibility index (Phi) is 5.92. The lowest BCUT2D eigenvalue weighted by molar-refractivity contribution is 0.858. The number of aliphatic imine (C=N–C) groups is 1. The summed E-state index contributed by atoms with van der Waals surface area (Å²) in [6.07, 6.45) is 4.79. The number of nitrogens with one attached hydrogen (secondary N) is 1. The highest BCUT2D eigenvalue weighted by Gasteiger charge is 2.22. The topological polar surface area (TPSA) is 45.5 Å². The molecule has 0 amide bonds. The van der Waals surface area contributed by atoms with Crippen LogP contribution in [0.5, 0.6) is 0 Å². The maximum Gasteiger partial charge on any atom is 0.198 e.